The molecule has 1 saturated carbocycles. The molecular formula is C15H20N4O. The third-order valence-corrected chi connectivity index (χ3v) is 3.83. The smallest absolute Gasteiger partial charge is 0.176 e. The average Bonchev–Trinajstić information content (AvgIpc) is 3.02. The van der Waals surface area contributed by atoms with Crippen molar-refractivity contribution in [3.63, 3.8) is 0 Å². The van der Waals surface area contributed by atoms with Crippen LogP contribution < -0.4 is 5.32 Å². The third kappa shape index (κ3) is 2.82. The van der Waals surface area contributed by atoms with Gasteiger partial charge in [-0.05, 0) is 43.9 Å². The van der Waals surface area contributed by atoms with Crippen molar-refractivity contribution in [1.82, 2.24) is 14.8 Å². The number of hydrogen-bond donors (Lipinski definition) is 1. The predicted molar refractivity (Wildman–Crippen MR) is 78.0 cm³/mol. The largest absolute Gasteiger partial charge is 0.381 e. The summed E-state index contributed by atoms with van der Waals surface area (Å²) in [5.74, 6) is 0.844. The summed E-state index contributed by atoms with van der Waals surface area (Å²) in [6.45, 7) is 0. The molecule has 20 heavy (non-hydrogen) atoms. The Bertz CT molecular complexity index is 541. The minimum Gasteiger partial charge on any atom is -0.381 e. The van der Waals surface area contributed by atoms with Crippen LogP contribution >= 0.6 is 0 Å². The van der Waals surface area contributed by atoms with Crippen molar-refractivity contribution >= 4 is 5.69 Å². The van der Waals surface area contributed by atoms with Crippen LogP contribution in [0, 0.1) is 0 Å². The molecule has 5 heteroatoms. The lowest BCUT2D eigenvalue weighted by molar-refractivity contribution is 0.0669. The molecule has 1 fully saturated rings. The maximum atomic E-state index is 5.49. The maximum absolute atomic E-state index is 5.49. The van der Waals surface area contributed by atoms with Crippen LogP contribution in [-0.2, 0) is 4.74 Å². The zero-order valence-corrected chi connectivity index (χ0v) is 11.7. The number of ether oxygens (including phenoxy) is 1. The van der Waals surface area contributed by atoms with Crippen LogP contribution in [0.25, 0.3) is 5.82 Å². The number of pyridine rings is 1. The number of nitrogens with zero attached hydrogens (tertiary/aromatic N) is 3. The van der Waals surface area contributed by atoms with Gasteiger partial charge < -0.3 is 10.1 Å². The highest BCUT2D eigenvalue weighted by molar-refractivity contribution is 5.56. The highest BCUT2D eigenvalue weighted by Gasteiger charge is 2.22. The van der Waals surface area contributed by atoms with Crippen molar-refractivity contribution in [2.45, 2.75) is 37.8 Å². The number of hydrogen-bond acceptors (Lipinski definition) is 4. The lowest BCUT2D eigenvalue weighted by atomic mass is 9.92. The van der Waals surface area contributed by atoms with Gasteiger partial charge in [0.1, 0.15) is 0 Å². The zero-order valence-electron chi connectivity index (χ0n) is 11.7. The summed E-state index contributed by atoms with van der Waals surface area (Å²) in [4.78, 5) is 4.43. The maximum Gasteiger partial charge on any atom is 0.176 e. The minimum atomic E-state index is 0.367. The number of methoxy groups -OCH3 is 1. The van der Waals surface area contributed by atoms with Gasteiger partial charge in [0.2, 0.25) is 0 Å². The topological polar surface area (TPSA) is 52.0 Å². The Balaban J connectivity index is 1.77. The molecule has 0 spiro atoms. The quantitative estimate of drug-likeness (QED) is 0.929. The van der Waals surface area contributed by atoms with E-state index in [0.29, 0.717) is 12.1 Å². The first-order valence-corrected chi connectivity index (χ1v) is 7.11. The van der Waals surface area contributed by atoms with E-state index < -0.39 is 0 Å². The van der Waals surface area contributed by atoms with Gasteiger partial charge in [0.15, 0.2) is 5.82 Å². The molecule has 2 unspecified atom stereocenters. The number of nitrogens with one attached hydrogen (secondary N) is 1. The predicted octanol–water partition coefficient (Wildman–Crippen LogP) is 2.64. The second-order valence-electron chi connectivity index (χ2n) is 5.19. The van der Waals surface area contributed by atoms with E-state index in [1.807, 2.05) is 18.3 Å². The fourth-order valence-electron chi connectivity index (χ4n) is 2.80. The Kier molecular flexibility index (Phi) is 3.97. The molecule has 3 rings (SSSR count). The average molecular weight is 272 g/mol. The standard InChI is InChI=1S/C15H20N4O/c1-20-13-6-2-5-12(11-13)18-14-7-3-8-16-15(14)19-10-4-9-17-19/h3-4,7-10,12-13,18H,2,5-6,11H2,1H3. The van der Waals surface area contributed by atoms with Gasteiger partial charge in [0.05, 0.1) is 11.8 Å². The Hall–Kier alpha value is -1.88. The fraction of sp³-hybridized carbons (Fsp3) is 0.467. The first-order chi connectivity index (χ1) is 9.86. The van der Waals surface area contributed by atoms with Gasteiger partial charge in [-0.2, -0.15) is 5.10 Å². The van der Waals surface area contributed by atoms with E-state index in [-0.39, 0.29) is 0 Å². The summed E-state index contributed by atoms with van der Waals surface area (Å²) in [6, 6.07) is 6.35. The second-order valence-corrected chi connectivity index (χ2v) is 5.19. The van der Waals surface area contributed by atoms with Gasteiger partial charge in [-0.15, -0.1) is 0 Å². The number of rotatable bonds is 4. The molecule has 106 valence electrons. The number of aromatic nitrogens is 3. The van der Waals surface area contributed by atoms with E-state index in [1.165, 1.54) is 12.8 Å². The first-order valence-electron chi connectivity index (χ1n) is 7.11. The van der Waals surface area contributed by atoms with E-state index in [9.17, 15) is 0 Å². The van der Waals surface area contributed by atoms with Crippen LogP contribution in [0.1, 0.15) is 25.7 Å². The molecule has 0 aliphatic heterocycles. The Labute approximate surface area is 119 Å². The summed E-state index contributed by atoms with van der Waals surface area (Å²) >= 11 is 0. The molecule has 0 saturated heterocycles. The zero-order chi connectivity index (χ0) is 13.8. The molecule has 2 heterocycles. The molecule has 0 amide bonds. The van der Waals surface area contributed by atoms with Crippen molar-refractivity contribution in [2.75, 3.05) is 12.4 Å². The molecule has 5 nitrogen and oxygen atoms in total. The summed E-state index contributed by atoms with van der Waals surface area (Å²) < 4.78 is 7.28. The van der Waals surface area contributed by atoms with Gasteiger partial charge in [0.25, 0.3) is 0 Å². The van der Waals surface area contributed by atoms with E-state index in [4.69, 9.17) is 4.74 Å². The Morgan fingerprint density at radius 2 is 2.25 bits per heavy atom. The van der Waals surface area contributed by atoms with Crippen molar-refractivity contribution < 1.29 is 4.74 Å². The van der Waals surface area contributed by atoms with E-state index in [1.54, 1.807) is 24.2 Å². The van der Waals surface area contributed by atoms with Crippen molar-refractivity contribution in [1.29, 1.82) is 0 Å². The second kappa shape index (κ2) is 6.05. The SMILES string of the molecule is COC1CCCC(Nc2cccnc2-n2cccn2)C1. The Morgan fingerprint density at radius 1 is 1.30 bits per heavy atom. The normalized spacial score (nSPS) is 22.6. The van der Waals surface area contributed by atoms with Crippen molar-refractivity contribution in [2.24, 2.45) is 0 Å². The monoisotopic (exact) mass is 272 g/mol. The van der Waals surface area contributed by atoms with Crippen LogP contribution in [0.5, 0.6) is 0 Å². The van der Waals surface area contributed by atoms with Crippen molar-refractivity contribution in [3.05, 3.63) is 36.8 Å². The van der Waals surface area contributed by atoms with Crippen LogP contribution in [0.3, 0.4) is 0 Å². The third-order valence-electron chi connectivity index (χ3n) is 3.83. The molecule has 2 aromatic heterocycles. The van der Waals surface area contributed by atoms with Crippen LogP contribution in [0.2, 0.25) is 0 Å². The molecule has 2 atom stereocenters. The van der Waals surface area contributed by atoms with Crippen LogP contribution in [-0.4, -0.2) is 34.0 Å². The molecule has 0 aromatic carbocycles. The van der Waals surface area contributed by atoms with E-state index in [0.717, 1.165) is 24.3 Å². The lowest BCUT2D eigenvalue weighted by Crippen LogP contribution is -2.31. The molecule has 1 N–H and O–H groups in total. The minimum absolute atomic E-state index is 0.367. The molecule has 2 aromatic rings. The molecular weight excluding hydrogens is 252 g/mol. The van der Waals surface area contributed by atoms with Crippen LogP contribution in [0.15, 0.2) is 36.8 Å². The van der Waals surface area contributed by atoms with E-state index in [2.05, 4.69) is 21.5 Å². The summed E-state index contributed by atoms with van der Waals surface area (Å²) in [5, 5.41) is 7.86. The highest BCUT2D eigenvalue weighted by atomic mass is 16.5. The van der Waals surface area contributed by atoms with E-state index >= 15 is 0 Å². The summed E-state index contributed by atoms with van der Waals surface area (Å²) in [7, 11) is 1.80. The van der Waals surface area contributed by atoms with Gasteiger partial charge in [-0.1, -0.05) is 0 Å². The van der Waals surface area contributed by atoms with Gasteiger partial charge in [-0.25, -0.2) is 9.67 Å². The highest BCUT2D eigenvalue weighted by Crippen LogP contribution is 2.25. The first kappa shape index (κ1) is 13.1. The molecule has 1 aliphatic carbocycles. The van der Waals surface area contributed by atoms with Gasteiger partial charge in [0, 0.05) is 31.7 Å². The van der Waals surface area contributed by atoms with Gasteiger partial charge >= 0.3 is 0 Å². The summed E-state index contributed by atoms with van der Waals surface area (Å²) in [5.41, 5.74) is 1.03. The molecule has 0 radical (unpaired) electrons. The number of anilines is 1. The van der Waals surface area contributed by atoms with Crippen molar-refractivity contribution in [3.8, 4) is 5.82 Å². The van der Waals surface area contributed by atoms with Gasteiger partial charge in [-0.3, -0.25) is 0 Å². The Morgan fingerprint density at radius 3 is 3.05 bits per heavy atom. The van der Waals surface area contributed by atoms with Crippen LogP contribution in [0.4, 0.5) is 5.69 Å². The fourth-order valence-corrected chi connectivity index (χ4v) is 2.80. The molecule has 1 aliphatic rings. The molecule has 0 bridgehead atoms. The lowest BCUT2D eigenvalue weighted by Gasteiger charge is -2.29. The summed E-state index contributed by atoms with van der Waals surface area (Å²) in [6.07, 6.45) is 10.4.